The fourth-order valence-electron chi connectivity index (χ4n) is 12.1. The van der Waals surface area contributed by atoms with Crippen molar-refractivity contribution in [1.82, 2.24) is 9.55 Å². The number of carbonyl (C=O) groups excluding carboxylic acids is 1. The van der Waals surface area contributed by atoms with Crippen LogP contribution in [-0.2, 0) is 0 Å². The highest BCUT2D eigenvalue weighted by atomic mass is 16.3. The van der Waals surface area contributed by atoms with Crippen LogP contribution in [0.4, 0.5) is 0 Å². The summed E-state index contributed by atoms with van der Waals surface area (Å²) in [5, 5.41) is 11.0. The fraction of sp³-hybridized carbons (Fsp3) is 0.818. The van der Waals surface area contributed by atoms with Crippen molar-refractivity contribution in [2.24, 2.45) is 56.7 Å². The molecule has 5 aliphatic carbocycles. The first kappa shape index (κ1) is 25.8. The Bertz CT molecular complexity index is 1090. The Balaban J connectivity index is 1.41. The highest BCUT2D eigenvalue weighted by Crippen LogP contribution is 2.77. The number of hydrogen-bond donors (Lipinski definition) is 1. The number of aliphatic hydroxyl groups excluding tert-OH is 1. The minimum absolute atomic E-state index is 0.0124. The number of hydrogen-bond acceptors (Lipinski definition) is 3. The molecule has 37 heavy (non-hydrogen) atoms. The van der Waals surface area contributed by atoms with Gasteiger partial charge in [0, 0.05) is 12.4 Å². The number of fused-ring (bicyclic) bond motifs is 7. The van der Waals surface area contributed by atoms with Gasteiger partial charge in [0.05, 0.1) is 11.5 Å². The van der Waals surface area contributed by atoms with Gasteiger partial charge in [0.25, 0.3) is 0 Å². The third kappa shape index (κ3) is 3.11. The van der Waals surface area contributed by atoms with Crippen molar-refractivity contribution >= 4 is 5.91 Å². The maximum Gasteiger partial charge on any atom is 0.238 e. The first-order valence-corrected chi connectivity index (χ1v) is 15.2. The molecule has 0 aromatic carbocycles. The smallest absolute Gasteiger partial charge is 0.238 e. The second-order valence-corrected chi connectivity index (χ2v) is 15.5. The van der Waals surface area contributed by atoms with Gasteiger partial charge in [-0.3, -0.25) is 9.36 Å². The lowest BCUT2D eigenvalue weighted by atomic mass is 9.32. The summed E-state index contributed by atoms with van der Waals surface area (Å²) in [5.41, 5.74) is 1.77. The van der Waals surface area contributed by atoms with E-state index in [9.17, 15) is 9.90 Å². The van der Waals surface area contributed by atoms with Crippen molar-refractivity contribution in [3.8, 4) is 0 Å². The second kappa shape index (κ2) is 8.05. The van der Waals surface area contributed by atoms with E-state index in [1.807, 2.05) is 6.20 Å². The highest BCUT2D eigenvalue weighted by molar-refractivity contribution is 5.86. The Morgan fingerprint density at radius 3 is 2.35 bits per heavy atom. The number of aromatic nitrogens is 2. The Hall–Kier alpha value is -1.42. The molecule has 1 N–H and O–H groups in total. The molecular weight excluding hydrogens is 456 g/mol. The van der Waals surface area contributed by atoms with E-state index in [0.717, 1.165) is 38.5 Å². The van der Waals surface area contributed by atoms with E-state index < -0.39 is 0 Å². The molecule has 10 atom stereocenters. The Labute approximate surface area is 224 Å². The minimum Gasteiger partial charge on any atom is -0.393 e. The predicted molar refractivity (Wildman–Crippen MR) is 148 cm³/mol. The van der Waals surface area contributed by atoms with Crippen LogP contribution in [0.2, 0.25) is 0 Å². The summed E-state index contributed by atoms with van der Waals surface area (Å²) in [4.78, 5) is 18.4. The number of rotatable bonds is 2. The van der Waals surface area contributed by atoms with Crippen molar-refractivity contribution in [3.63, 3.8) is 0 Å². The van der Waals surface area contributed by atoms with E-state index >= 15 is 0 Å². The van der Waals surface area contributed by atoms with E-state index in [1.54, 1.807) is 17.1 Å². The molecule has 5 fully saturated rings. The lowest BCUT2D eigenvalue weighted by Crippen LogP contribution is -2.67. The first-order chi connectivity index (χ1) is 17.3. The zero-order chi connectivity index (χ0) is 26.6. The molecule has 5 saturated carbocycles. The minimum atomic E-state index is -0.282. The number of carbonyl (C=O) groups is 1. The van der Waals surface area contributed by atoms with Gasteiger partial charge < -0.3 is 5.11 Å². The molecule has 0 radical (unpaired) electrons. The molecule has 4 unspecified atom stereocenters. The number of imidazole rings is 1. The van der Waals surface area contributed by atoms with Crippen molar-refractivity contribution in [3.05, 3.63) is 30.9 Å². The van der Waals surface area contributed by atoms with Crippen LogP contribution in [0.3, 0.4) is 0 Å². The maximum atomic E-state index is 14.2. The van der Waals surface area contributed by atoms with Gasteiger partial charge in [0.1, 0.15) is 6.33 Å². The van der Waals surface area contributed by atoms with Gasteiger partial charge >= 0.3 is 0 Å². The molecule has 0 saturated heterocycles. The van der Waals surface area contributed by atoms with E-state index in [2.05, 4.69) is 53.1 Å². The van der Waals surface area contributed by atoms with Crippen LogP contribution < -0.4 is 0 Å². The lowest BCUT2D eigenvalue weighted by Gasteiger charge is -2.72. The average molecular weight is 507 g/mol. The van der Waals surface area contributed by atoms with Crippen LogP contribution in [0, 0.1) is 56.7 Å². The Morgan fingerprint density at radius 1 is 0.919 bits per heavy atom. The van der Waals surface area contributed by atoms with Crippen molar-refractivity contribution in [1.29, 1.82) is 0 Å². The highest BCUT2D eigenvalue weighted by Gasteiger charge is 2.71. The Morgan fingerprint density at radius 2 is 1.68 bits per heavy atom. The van der Waals surface area contributed by atoms with E-state index in [0.29, 0.717) is 29.6 Å². The van der Waals surface area contributed by atoms with E-state index in [1.165, 1.54) is 31.3 Å². The summed E-state index contributed by atoms with van der Waals surface area (Å²) in [7, 11) is 0. The average Bonchev–Trinajstić information content (AvgIpc) is 3.51. The third-order valence-electron chi connectivity index (χ3n) is 14.2. The van der Waals surface area contributed by atoms with Gasteiger partial charge in [0.2, 0.25) is 5.91 Å². The summed E-state index contributed by atoms with van der Waals surface area (Å²) in [6.45, 7) is 19.2. The normalized spacial score (nSPS) is 50.4. The summed E-state index contributed by atoms with van der Waals surface area (Å²) in [6.07, 6.45) is 16.5. The van der Waals surface area contributed by atoms with Crippen LogP contribution >= 0.6 is 0 Å². The van der Waals surface area contributed by atoms with Crippen molar-refractivity contribution in [2.75, 3.05) is 0 Å². The van der Waals surface area contributed by atoms with Gasteiger partial charge in [-0.2, -0.15) is 0 Å². The molecule has 1 heterocycles. The molecule has 5 aliphatic rings. The molecule has 6 rings (SSSR count). The summed E-state index contributed by atoms with van der Waals surface area (Å²) < 4.78 is 1.78. The maximum absolute atomic E-state index is 14.2. The van der Waals surface area contributed by atoms with Crippen LogP contribution in [0.15, 0.2) is 30.9 Å². The quantitative estimate of drug-likeness (QED) is 0.422. The zero-order valence-electron chi connectivity index (χ0n) is 24.2. The SMILES string of the molecule is C=C(C)[C@@H]1CC[C@]2(C(=O)n3ccnc3)CC[C@]3(C)C(CCC4[C@@]5(C)CC[C@H](O)C(C)(C)C5CC[C@]43C)C12. The summed E-state index contributed by atoms with van der Waals surface area (Å²) in [6, 6.07) is 0. The van der Waals surface area contributed by atoms with Gasteiger partial charge in [-0.1, -0.05) is 46.8 Å². The topological polar surface area (TPSA) is 55.1 Å². The molecule has 4 nitrogen and oxygen atoms in total. The molecule has 204 valence electrons. The number of nitrogens with zero attached hydrogens (tertiary/aromatic N) is 2. The number of allylic oxidation sites excluding steroid dienone is 1. The van der Waals surface area contributed by atoms with Gasteiger partial charge in [-0.25, -0.2) is 4.98 Å². The fourth-order valence-corrected chi connectivity index (χ4v) is 12.1. The predicted octanol–water partition coefficient (Wildman–Crippen LogP) is 7.54. The molecule has 0 spiro atoms. The van der Waals surface area contributed by atoms with Gasteiger partial charge in [-0.05, 0) is 122 Å². The van der Waals surface area contributed by atoms with Crippen molar-refractivity contribution in [2.45, 2.75) is 112 Å². The van der Waals surface area contributed by atoms with Crippen molar-refractivity contribution < 1.29 is 9.90 Å². The van der Waals surface area contributed by atoms with E-state index in [-0.39, 0.29) is 39.1 Å². The molecule has 0 bridgehead atoms. The second-order valence-electron chi connectivity index (χ2n) is 15.5. The molecule has 4 heteroatoms. The molecular formula is C33H50N2O2. The Kier molecular flexibility index (Phi) is 5.62. The van der Waals surface area contributed by atoms with Gasteiger partial charge in [0.15, 0.2) is 0 Å². The van der Waals surface area contributed by atoms with E-state index in [4.69, 9.17) is 0 Å². The van der Waals surface area contributed by atoms with Crippen LogP contribution in [0.5, 0.6) is 0 Å². The summed E-state index contributed by atoms with van der Waals surface area (Å²) in [5.74, 6) is 2.93. The standard InChI is InChI=1S/C33H50N2O2/c1-21(2)22-10-15-33(28(37)35-19-18-34-20-35)17-16-31(6)23(27(22)33)8-9-25-30(5)13-12-26(36)29(3,4)24(30)11-14-32(25,31)7/h18-20,22-27,36H,1,8-17H2,2-7H3/t22-,23?,24?,25?,26-,27?,30-,31+,32+,33-/m0/s1. The summed E-state index contributed by atoms with van der Waals surface area (Å²) >= 11 is 0. The lowest BCUT2D eigenvalue weighted by molar-refractivity contribution is -0.244. The third-order valence-corrected chi connectivity index (χ3v) is 14.2. The number of aliphatic hydroxyl groups is 1. The molecule has 1 aromatic rings. The van der Waals surface area contributed by atoms with Gasteiger partial charge in [-0.15, -0.1) is 0 Å². The van der Waals surface area contributed by atoms with Crippen LogP contribution in [0.1, 0.15) is 111 Å². The van der Waals surface area contributed by atoms with Crippen LogP contribution in [-0.4, -0.2) is 26.7 Å². The first-order valence-electron chi connectivity index (χ1n) is 15.2. The largest absolute Gasteiger partial charge is 0.393 e. The monoisotopic (exact) mass is 506 g/mol. The zero-order valence-corrected chi connectivity index (χ0v) is 24.2. The molecule has 0 amide bonds. The molecule has 0 aliphatic heterocycles. The van der Waals surface area contributed by atoms with Crippen LogP contribution in [0.25, 0.3) is 0 Å². The molecule has 1 aromatic heterocycles.